The van der Waals surface area contributed by atoms with E-state index >= 15 is 0 Å². The van der Waals surface area contributed by atoms with Crippen LogP contribution in [0.5, 0.6) is 0 Å². The van der Waals surface area contributed by atoms with Crippen molar-refractivity contribution in [3.05, 3.63) is 42.4 Å². The molecule has 0 aliphatic rings. The number of rotatable bonds is 8. The molecule has 0 aromatic carbocycles. The third-order valence-electron chi connectivity index (χ3n) is 4.35. The van der Waals surface area contributed by atoms with Crippen LogP contribution in [0.3, 0.4) is 0 Å². The fraction of sp³-hybridized carbons (Fsp3) is 0.368. The van der Waals surface area contributed by atoms with Crippen molar-refractivity contribution in [1.82, 2.24) is 24.9 Å². The van der Waals surface area contributed by atoms with Gasteiger partial charge in [-0.05, 0) is 19.9 Å². The Labute approximate surface area is 179 Å². The van der Waals surface area contributed by atoms with Crippen LogP contribution < -0.4 is 16.0 Å². The SMILES string of the molecule is CC(C)(O)[C@H](F)CNC(=O)c1cnc(Nc2ccn3nccc3n2)cc1NCC(F)(F)F. The number of carbonyl (C=O) groups excluding carboxylic acids is 1. The largest absolute Gasteiger partial charge is 0.405 e. The lowest BCUT2D eigenvalue weighted by molar-refractivity contribution is -0.115. The summed E-state index contributed by atoms with van der Waals surface area (Å²) in [7, 11) is 0. The Morgan fingerprint density at radius 3 is 2.69 bits per heavy atom. The molecule has 13 heteroatoms. The summed E-state index contributed by atoms with van der Waals surface area (Å²) < 4.78 is 53.6. The zero-order valence-corrected chi connectivity index (χ0v) is 17.1. The fourth-order valence-corrected chi connectivity index (χ4v) is 2.59. The first-order chi connectivity index (χ1) is 14.9. The number of fused-ring (bicyclic) bond motifs is 1. The van der Waals surface area contributed by atoms with E-state index in [1.54, 1.807) is 24.5 Å². The molecule has 3 rings (SSSR count). The van der Waals surface area contributed by atoms with Gasteiger partial charge in [0.05, 0.1) is 29.6 Å². The van der Waals surface area contributed by atoms with Crippen LogP contribution in [0.15, 0.2) is 36.8 Å². The van der Waals surface area contributed by atoms with Crippen molar-refractivity contribution < 1.29 is 27.5 Å². The molecule has 0 radical (unpaired) electrons. The average molecular weight is 455 g/mol. The van der Waals surface area contributed by atoms with Gasteiger partial charge in [0, 0.05) is 24.5 Å². The summed E-state index contributed by atoms with van der Waals surface area (Å²) in [5.74, 6) is -0.364. The van der Waals surface area contributed by atoms with E-state index in [2.05, 4.69) is 31.0 Å². The molecule has 3 aromatic rings. The molecule has 4 N–H and O–H groups in total. The Morgan fingerprint density at radius 2 is 2.00 bits per heavy atom. The fourth-order valence-electron chi connectivity index (χ4n) is 2.59. The summed E-state index contributed by atoms with van der Waals surface area (Å²) in [5, 5.41) is 20.9. The highest BCUT2D eigenvalue weighted by Gasteiger charge is 2.29. The first-order valence-corrected chi connectivity index (χ1v) is 9.45. The van der Waals surface area contributed by atoms with Crippen LogP contribution in [-0.2, 0) is 0 Å². The number of nitrogens with one attached hydrogen (secondary N) is 3. The molecule has 9 nitrogen and oxygen atoms in total. The molecule has 1 amide bonds. The van der Waals surface area contributed by atoms with E-state index in [9.17, 15) is 27.5 Å². The Balaban J connectivity index is 1.81. The van der Waals surface area contributed by atoms with Gasteiger partial charge in [-0.3, -0.25) is 4.79 Å². The molecule has 0 aliphatic carbocycles. The van der Waals surface area contributed by atoms with Crippen LogP contribution in [0.25, 0.3) is 5.65 Å². The van der Waals surface area contributed by atoms with Gasteiger partial charge < -0.3 is 21.1 Å². The Bertz CT molecular complexity index is 1100. The van der Waals surface area contributed by atoms with E-state index in [0.29, 0.717) is 11.5 Å². The first kappa shape index (κ1) is 23.2. The Morgan fingerprint density at radius 1 is 1.25 bits per heavy atom. The van der Waals surface area contributed by atoms with Crippen molar-refractivity contribution >= 4 is 28.9 Å². The minimum Gasteiger partial charge on any atom is -0.387 e. The molecular weight excluding hydrogens is 434 g/mol. The van der Waals surface area contributed by atoms with Crippen molar-refractivity contribution in [3.63, 3.8) is 0 Å². The number of hydrogen-bond acceptors (Lipinski definition) is 7. The molecular formula is C19H21F4N7O2. The monoisotopic (exact) mass is 455 g/mol. The maximum Gasteiger partial charge on any atom is 0.405 e. The predicted octanol–water partition coefficient (Wildman–Crippen LogP) is 2.68. The second kappa shape index (κ2) is 8.94. The summed E-state index contributed by atoms with van der Waals surface area (Å²) in [6, 6.07) is 4.46. The average Bonchev–Trinajstić information content (AvgIpc) is 3.17. The van der Waals surface area contributed by atoms with Gasteiger partial charge in [0.25, 0.3) is 5.91 Å². The van der Waals surface area contributed by atoms with Crippen LogP contribution in [0.4, 0.5) is 34.9 Å². The van der Waals surface area contributed by atoms with Gasteiger partial charge in [-0.1, -0.05) is 0 Å². The van der Waals surface area contributed by atoms with Gasteiger partial charge in [-0.25, -0.2) is 18.9 Å². The lowest BCUT2D eigenvalue weighted by atomic mass is 10.0. The smallest absolute Gasteiger partial charge is 0.387 e. The number of amides is 1. The van der Waals surface area contributed by atoms with E-state index < -0.39 is 36.9 Å². The molecule has 0 bridgehead atoms. The van der Waals surface area contributed by atoms with Gasteiger partial charge in [-0.2, -0.15) is 18.3 Å². The van der Waals surface area contributed by atoms with Crippen LogP contribution in [0.1, 0.15) is 24.2 Å². The van der Waals surface area contributed by atoms with Gasteiger partial charge in [0.1, 0.15) is 24.4 Å². The van der Waals surface area contributed by atoms with E-state index in [1.165, 1.54) is 24.4 Å². The number of alkyl halides is 4. The minimum atomic E-state index is -4.54. The summed E-state index contributed by atoms with van der Waals surface area (Å²) >= 11 is 0. The van der Waals surface area contributed by atoms with Gasteiger partial charge >= 0.3 is 6.18 Å². The number of aliphatic hydroxyl groups is 1. The van der Waals surface area contributed by atoms with Crippen LogP contribution in [-0.4, -0.2) is 61.6 Å². The van der Waals surface area contributed by atoms with Crippen LogP contribution in [0.2, 0.25) is 0 Å². The van der Waals surface area contributed by atoms with E-state index in [0.717, 1.165) is 6.20 Å². The molecule has 0 unspecified atom stereocenters. The minimum absolute atomic E-state index is 0.127. The summed E-state index contributed by atoms with van der Waals surface area (Å²) in [6.45, 7) is 0.539. The van der Waals surface area contributed by atoms with Crippen molar-refractivity contribution in [2.45, 2.75) is 31.8 Å². The van der Waals surface area contributed by atoms with Gasteiger partial charge in [-0.15, -0.1) is 0 Å². The topological polar surface area (TPSA) is 116 Å². The number of hydrogen-bond donors (Lipinski definition) is 4. The van der Waals surface area contributed by atoms with E-state index in [1.807, 2.05) is 0 Å². The Hall–Kier alpha value is -3.48. The molecule has 0 saturated carbocycles. The number of carbonyl (C=O) groups is 1. The molecule has 32 heavy (non-hydrogen) atoms. The molecule has 3 heterocycles. The lowest BCUT2D eigenvalue weighted by Crippen LogP contribution is -2.42. The molecule has 0 fully saturated rings. The zero-order valence-electron chi connectivity index (χ0n) is 17.1. The van der Waals surface area contributed by atoms with Crippen molar-refractivity contribution in [3.8, 4) is 0 Å². The molecule has 0 aliphatic heterocycles. The second-order valence-electron chi connectivity index (χ2n) is 7.49. The maximum atomic E-state index is 13.9. The highest BCUT2D eigenvalue weighted by atomic mass is 19.4. The van der Waals surface area contributed by atoms with Crippen molar-refractivity contribution in [1.29, 1.82) is 0 Å². The molecule has 172 valence electrons. The second-order valence-corrected chi connectivity index (χ2v) is 7.49. The highest BCUT2D eigenvalue weighted by molar-refractivity contribution is 5.99. The molecule has 3 aromatic heterocycles. The molecule has 0 spiro atoms. The third kappa shape index (κ3) is 6.03. The number of anilines is 3. The Kier molecular flexibility index (Phi) is 6.48. The van der Waals surface area contributed by atoms with Crippen LogP contribution >= 0.6 is 0 Å². The first-order valence-electron chi connectivity index (χ1n) is 9.45. The summed E-state index contributed by atoms with van der Waals surface area (Å²) in [4.78, 5) is 20.8. The van der Waals surface area contributed by atoms with Gasteiger partial charge in [0.15, 0.2) is 5.65 Å². The van der Waals surface area contributed by atoms with Crippen LogP contribution in [0, 0.1) is 0 Å². The maximum absolute atomic E-state index is 13.9. The number of halogens is 4. The number of pyridine rings is 1. The summed E-state index contributed by atoms with van der Waals surface area (Å²) in [6.07, 6.45) is -2.08. The van der Waals surface area contributed by atoms with Crippen molar-refractivity contribution in [2.75, 3.05) is 23.7 Å². The van der Waals surface area contributed by atoms with Gasteiger partial charge in [0.2, 0.25) is 0 Å². The van der Waals surface area contributed by atoms with E-state index in [4.69, 9.17) is 0 Å². The number of aromatic nitrogens is 4. The predicted molar refractivity (Wildman–Crippen MR) is 109 cm³/mol. The third-order valence-corrected chi connectivity index (χ3v) is 4.35. The van der Waals surface area contributed by atoms with E-state index in [-0.39, 0.29) is 17.1 Å². The standard InChI is InChI=1S/C19H21F4N7O2/c1-18(2,32)13(20)9-25-17(31)11-8-24-15(7-12(11)26-10-19(21,22)23)28-14-4-6-30-16(29-14)3-5-27-30/h3-8,13,32H,9-10H2,1-2H3,(H,25,31)(H2,24,26,28,29)/t13-/m1/s1. The highest BCUT2D eigenvalue weighted by Crippen LogP contribution is 2.24. The normalized spacial score (nSPS) is 13.1. The van der Waals surface area contributed by atoms with Crippen molar-refractivity contribution in [2.24, 2.45) is 0 Å². The lowest BCUT2D eigenvalue weighted by Gasteiger charge is -2.22. The number of nitrogens with zero attached hydrogens (tertiary/aromatic N) is 4. The molecule has 1 atom stereocenters. The molecule has 0 saturated heterocycles. The summed E-state index contributed by atoms with van der Waals surface area (Å²) in [5.41, 5.74) is -1.54. The zero-order chi connectivity index (χ0) is 23.5. The quantitative estimate of drug-likeness (QED) is 0.386.